The summed E-state index contributed by atoms with van der Waals surface area (Å²) >= 11 is 0. The zero-order valence-electron chi connectivity index (χ0n) is 16.8. The zero-order valence-corrected chi connectivity index (χ0v) is 18.6. The van der Waals surface area contributed by atoms with Crippen molar-refractivity contribution >= 4 is 15.4 Å². The highest BCUT2D eigenvalue weighted by atomic mass is 31.2. The molecule has 150 valence electrons. The Hall–Kier alpha value is -0.570. The normalized spacial score (nSPS) is 15.0. The molecule has 0 fully saturated rings. The lowest BCUT2D eigenvalue weighted by Crippen LogP contribution is -2.05. The van der Waals surface area contributed by atoms with E-state index in [0.717, 1.165) is 31.3 Å². The molecule has 0 aliphatic rings. The van der Waals surface area contributed by atoms with Crippen molar-refractivity contribution in [1.29, 1.82) is 0 Å². The molecule has 0 aliphatic carbocycles. The van der Waals surface area contributed by atoms with Crippen LogP contribution in [0.2, 0.25) is 0 Å². The van der Waals surface area contributed by atoms with Gasteiger partial charge in [0.2, 0.25) is 6.35 Å². The average Bonchev–Trinajstić information content (AvgIpc) is 2.51. The van der Waals surface area contributed by atoms with E-state index in [1.54, 1.807) is 13.0 Å². The summed E-state index contributed by atoms with van der Waals surface area (Å²) < 4.78 is 28.8. The largest absolute Gasteiger partial charge is 0.383 e. The van der Waals surface area contributed by atoms with E-state index < -0.39 is 20.8 Å². The Balaban J connectivity index is 4.56. The molecule has 0 aliphatic heterocycles. The first-order chi connectivity index (χ1) is 12.1. The monoisotopic (exact) mass is 405 g/mol. The van der Waals surface area contributed by atoms with E-state index in [1.165, 1.54) is 11.1 Å². The summed E-state index contributed by atoms with van der Waals surface area (Å²) in [5, 5.41) is -1.17. The van der Waals surface area contributed by atoms with Crippen molar-refractivity contribution in [2.45, 2.75) is 72.1 Å². The van der Waals surface area contributed by atoms with Crippen molar-refractivity contribution in [3.8, 4) is 0 Å². The SMILES string of the molecule is CCOC[P+](=O)C(CC=C(C)CCC=C(C)CCC=C(C)C)P(=O)(O)O. The van der Waals surface area contributed by atoms with Crippen LogP contribution in [0, 0.1) is 0 Å². The molecule has 0 radical (unpaired) electrons. The van der Waals surface area contributed by atoms with Gasteiger partial charge in [-0.1, -0.05) is 39.5 Å². The highest BCUT2D eigenvalue weighted by Crippen LogP contribution is 2.55. The summed E-state index contributed by atoms with van der Waals surface area (Å²) in [7, 11) is -6.52. The van der Waals surface area contributed by atoms with Gasteiger partial charge in [-0.2, -0.15) is 0 Å². The summed E-state index contributed by atoms with van der Waals surface area (Å²) in [6, 6.07) is 0. The van der Waals surface area contributed by atoms with Gasteiger partial charge in [0.25, 0.3) is 5.40 Å². The first-order valence-corrected chi connectivity index (χ1v) is 12.3. The van der Waals surface area contributed by atoms with E-state index in [1.807, 2.05) is 6.92 Å². The van der Waals surface area contributed by atoms with E-state index in [4.69, 9.17) is 4.74 Å². The second-order valence-corrected chi connectivity index (χ2v) is 10.7. The first kappa shape index (κ1) is 25.4. The fourth-order valence-electron chi connectivity index (χ4n) is 2.34. The highest BCUT2D eigenvalue weighted by Gasteiger charge is 2.44. The molecule has 0 aromatic rings. The van der Waals surface area contributed by atoms with Crippen molar-refractivity contribution in [3.63, 3.8) is 0 Å². The molecule has 0 saturated heterocycles. The number of hydrogen-bond acceptors (Lipinski definition) is 3. The minimum Gasteiger partial charge on any atom is -0.338 e. The summed E-state index contributed by atoms with van der Waals surface area (Å²) in [6.07, 6.45) is 10.1. The zero-order chi connectivity index (χ0) is 20.2. The van der Waals surface area contributed by atoms with E-state index in [9.17, 15) is 18.9 Å². The molecule has 0 amide bonds. The molecule has 26 heavy (non-hydrogen) atoms. The van der Waals surface area contributed by atoms with Crippen LogP contribution in [-0.4, -0.2) is 28.1 Å². The van der Waals surface area contributed by atoms with Crippen LogP contribution in [-0.2, 0) is 13.9 Å². The standard InChI is InChI=1S/C19H34O5P2/c1-6-24-15-25(20)19(26(21,22)23)14-13-18(5)12-8-11-17(4)10-7-9-16(2)3/h9,11,13,19H,6-8,10,12,14-15H2,1-5H3,(H-,21,22,23)/p+1. The van der Waals surface area contributed by atoms with Crippen molar-refractivity contribution in [1.82, 2.24) is 0 Å². The fraction of sp³-hybridized carbons (Fsp3) is 0.684. The molecular formula is C19H35O5P2+. The molecule has 0 spiro atoms. The van der Waals surface area contributed by atoms with Crippen LogP contribution in [0.5, 0.6) is 0 Å². The van der Waals surface area contributed by atoms with Crippen LogP contribution in [0.1, 0.15) is 66.7 Å². The van der Waals surface area contributed by atoms with Crippen molar-refractivity contribution in [3.05, 3.63) is 34.9 Å². The van der Waals surface area contributed by atoms with Crippen molar-refractivity contribution in [2.24, 2.45) is 0 Å². The predicted molar refractivity (Wildman–Crippen MR) is 110 cm³/mol. The lowest BCUT2D eigenvalue weighted by molar-refractivity contribution is 0.193. The van der Waals surface area contributed by atoms with Gasteiger partial charge in [0.1, 0.15) is 0 Å². The maximum atomic E-state index is 12.1. The smallest absolute Gasteiger partial charge is 0.338 e. The molecule has 5 nitrogen and oxygen atoms in total. The Morgan fingerprint density at radius 2 is 1.58 bits per heavy atom. The van der Waals surface area contributed by atoms with Crippen LogP contribution < -0.4 is 0 Å². The van der Waals surface area contributed by atoms with Gasteiger partial charge in [-0.15, -0.1) is 0 Å². The Morgan fingerprint density at radius 1 is 1.04 bits per heavy atom. The molecule has 7 heteroatoms. The van der Waals surface area contributed by atoms with Crippen molar-refractivity contribution < 1.29 is 23.7 Å². The quantitative estimate of drug-likeness (QED) is 0.285. The maximum Gasteiger partial charge on any atom is 0.383 e. The van der Waals surface area contributed by atoms with Gasteiger partial charge < -0.3 is 14.5 Å². The van der Waals surface area contributed by atoms with E-state index >= 15 is 0 Å². The third kappa shape index (κ3) is 12.7. The van der Waals surface area contributed by atoms with Gasteiger partial charge in [0, 0.05) is 13.0 Å². The topological polar surface area (TPSA) is 83.8 Å². The Labute approximate surface area is 159 Å². The number of rotatable bonds is 13. The van der Waals surface area contributed by atoms with Crippen LogP contribution in [0.4, 0.5) is 0 Å². The molecule has 2 N–H and O–H groups in total. The lowest BCUT2D eigenvalue weighted by atomic mass is 10.1. The van der Waals surface area contributed by atoms with Crippen LogP contribution in [0.15, 0.2) is 34.9 Å². The van der Waals surface area contributed by atoms with Crippen LogP contribution >= 0.6 is 15.4 Å². The van der Waals surface area contributed by atoms with E-state index in [-0.39, 0.29) is 12.8 Å². The maximum absolute atomic E-state index is 12.1. The Bertz CT molecular complexity index is 568. The number of ether oxygens (including phenoxy) is 1. The minimum absolute atomic E-state index is 0.109. The fourth-order valence-corrected chi connectivity index (χ4v) is 5.13. The Kier molecular flexibility index (Phi) is 13.3. The summed E-state index contributed by atoms with van der Waals surface area (Å²) in [5.41, 5.74) is 3.73. The summed E-state index contributed by atoms with van der Waals surface area (Å²) in [4.78, 5) is 18.9. The molecule has 0 rings (SSSR count). The molecule has 2 atom stereocenters. The van der Waals surface area contributed by atoms with Gasteiger partial charge in [-0.3, -0.25) is 4.57 Å². The number of hydrogen-bond donors (Lipinski definition) is 2. The van der Waals surface area contributed by atoms with Crippen LogP contribution in [0.3, 0.4) is 0 Å². The molecular weight excluding hydrogens is 370 g/mol. The molecule has 2 unspecified atom stereocenters. The van der Waals surface area contributed by atoms with Crippen molar-refractivity contribution in [2.75, 3.05) is 13.0 Å². The molecule has 0 aromatic heterocycles. The van der Waals surface area contributed by atoms with E-state index in [2.05, 4.69) is 32.9 Å². The molecule has 0 heterocycles. The Morgan fingerprint density at radius 3 is 2.08 bits per heavy atom. The molecule has 0 bridgehead atoms. The van der Waals surface area contributed by atoms with Gasteiger partial charge >= 0.3 is 15.4 Å². The minimum atomic E-state index is -4.42. The lowest BCUT2D eigenvalue weighted by Gasteiger charge is -2.08. The second kappa shape index (κ2) is 13.6. The second-order valence-electron chi connectivity index (χ2n) is 6.80. The highest BCUT2D eigenvalue weighted by molar-refractivity contribution is 7.67. The van der Waals surface area contributed by atoms with Gasteiger partial charge in [0.05, 0.1) is 0 Å². The average molecular weight is 405 g/mol. The first-order valence-electron chi connectivity index (χ1n) is 9.09. The van der Waals surface area contributed by atoms with Gasteiger partial charge in [0.15, 0.2) is 0 Å². The van der Waals surface area contributed by atoms with Gasteiger partial charge in [-0.05, 0) is 60.3 Å². The number of allylic oxidation sites excluding steroid dienone is 6. The molecule has 0 saturated carbocycles. The van der Waals surface area contributed by atoms with Crippen LogP contribution in [0.25, 0.3) is 0 Å². The van der Waals surface area contributed by atoms with Gasteiger partial charge in [-0.25, -0.2) is 0 Å². The molecule has 0 aromatic carbocycles. The summed E-state index contributed by atoms with van der Waals surface area (Å²) in [6.45, 7) is 10.4. The summed E-state index contributed by atoms with van der Waals surface area (Å²) in [5.74, 6) is 0. The predicted octanol–water partition coefficient (Wildman–Crippen LogP) is 6.12. The third-order valence-corrected chi connectivity index (χ3v) is 7.92. The van der Waals surface area contributed by atoms with E-state index in [0.29, 0.717) is 6.61 Å². The third-order valence-electron chi connectivity index (χ3n) is 3.94.